The first-order chi connectivity index (χ1) is 25.5. The Balaban J connectivity index is 0.705. The van der Waals surface area contributed by atoms with Crippen molar-refractivity contribution in [1.29, 1.82) is 0 Å². The predicted octanol–water partition coefficient (Wildman–Crippen LogP) is 9.75. The number of nitrogens with one attached hydrogen (secondary N) is 2. The van der Waals surface area contributed by atoms with E-state index in [4.69, 9.17) is 9.47 Å². The number of nitrogens with zero attached hydrogens (tertiary/aromatic N) is 1. The van der Waals surface area contributed by atoms with Crippen LogP contribution in [0.5, 0.6) is 11.5 Å². The van der Waals surface area contributed by atoms with Crippen LogP contribution in [0.2, 0.25) is 0 Å². The number of hydrogen-bond acceptors (Lipinski definition) is 5. The van der Waals surface area contributed by atoms with Crippen LogP contribution in [0.4, 0.5) is 0 Å². The SMILES string of the molecule is c1ccc(COc2ccc(CNC34CC5CC(C3)C(c3ccc(COc6ccc(CNC78CC9CC(CC(C9)C7)C8)cc6)cc3)C(C5)C4)cc2)nc1. The molecule has 0 spiro atoms. The maximum absolute atomic E-state index is 6.28. The number of pyridine rings is 1. The molecule has 4 aromatic rings. The lowest BCUT2D eigenvalue weighted by atomic mass is 9.48. The Bertz CT molecular complexity index is 1770. The van der Waals surface area contributed by atoms with E-state index >= 15 is 0 Å². The maximum Gasteiger partial charge on any atom is 0.130 e. The Hall–Kier alpha value is -3.67. The quantitative estimate of drug-likeness (QED) is 0.146. The van der Waals surface area contributed by atoms with Crippen molar-refractivity contribution in [2.45, 2.75) is 114 Å². The lowest BCUT2D eigenvalue weighted by Gasteiger charge is -2.60. The van der Waals surface area contributed by atoms with Crippen molar-refractivity contribution in [2.24, 2.45) is 35.5 Å². The summed E-state index contributed by atoms with van der Waals surface area (Å²) in [5.74, 6) is 7.93. The molecule has 8 saturated carbocycles. The van der Waals surface area contributed by atoms with Crippen molar-refractivity contribution >= 4 is 0 Å². The summed E-state index contributed by atoms with van der Waals surface area (Å²) in [6, 6.07) is 32.9. The molecule has 5 nitrogen and oxygen atoms in total. The van der Waals surface area contributed by atoms with Gasteiger partial charge in [-0.25, -0.2) is 0 Å². The maximum atomic E-state index is 6.28. The monoisotopic (exact) mass is 693 g/mol. The third kappa shape index (κ3) is 6.80. The van der Waals surface area contributed by atoms with Gasteiger partial charge in [0, 0.05) is 30.4 Å². The molecule has 52 heavy (non-hydrogen) atoms. The second-order valence-electron chi connectivity index (χ2n) is 18.1. The van der Waals surface area contributed by atoms with Crippen molar-refractivity contribution in [2.75, 3.05) is 0 Å². The number of ether oxygens (including phenoxy) is 2. The van der Waals surface area contributed by atoms with Crippen LogP contribution in [0.15, 0.2) is 97.2 Å². The molecule has 0 amide bonds. The zero-order chi connectivity index (χ0) is 34.5. The fourth-order valence-corrected chi connectivity index (χ4v) is 12.7. The number of aromatic nitrogens is 1. The molecule has 8 fully saturated rings. The van der Waals surface area contributed by atoms with E-state index in [9.17, 15) is 0 Å². The van der Waals surface area contributed by atoms with E-state index in [2.05, 4.69) is 88.4 Å². The Morgan fingerprint density at radius 2 is 1.02 bits per heavy atom. The minimum absolute atomic E-state index is 0.287. The molecule has 0 aliphatic heterocycles. The molecule has 2 unspecified atom stereocenters. The van der Waals surface area contributed by atoms with Crippen molar-refractivity contribution < 1.29 is 9.47 Å². The van der Waals surface area contributed by atoms with Gasteiger partial charge in [-0.2, -0.15) is 0 Å². The van der Waals surface area contributed by atoms with Crippen LogP contribution in [0, 0.1) is 35.5 Å². The van der Waals surface area contributed by atoms with Crippen LogP contribution >= 0.6 is 0 Å². The van der Waals surface area contributed by atoms with Gasteiger partial charge in [-0.3, -0.25) is 4.98 Å². The zero-order valence-electron chi connectivity index (χ0n) is 30.6. The van der Waals surface area contributed by atoms with Crippen LogP contribution in [-0.4, -0.2) is 16.1 Å². The van der Waals surface area contributed by atoms with E-state index in [1.54, 1.807) is 5.56 Å². The van der Waals surface area contributed by atoms with Crippen molar-refractivity contribution in [1.82, 2.24) is 15.6 Å². The van der Waals surface area contributed by atoms with Crippen molar-refractivity contribution in [3.8, 4) is 11.5 Å². The van der Waals surface area contributed by atoms with Gasteiger partial charge in [0.1, 0.15) is 24.7 Å². The van der Waals surface area contributed by atoms with E-state index < -0.39 is 0 Å². The van der Waals surface area contributed by atoms with Crippen molar-refractivity contribution in [3.63, 3.8) is 0 Å². The van der Waals surface area contributed by atoms with Gasteiger partial charge in [0.2, 0.25) is 0 Å². The summed E-state index contributed by atoms with van der Waals surface area (Å²) in [5, 5.41) is 8.15. The van der Waals surface area contributed by atoms with Gasteiger partial charge in [0.25, 0.3) is 0 Å². The van der Waals surface area contributed by atoms with Gasteiger partial charge in [-0.15, -0.1) is 0 Å². The van der Waals surface area contributed by atoms with E-state index in [0.717, 1.165) is 65.8 Å². The minimum Gasteiger partial charge on any atom is -0.489 e. The number of hydrogen-bond donors (Lipinski definition) is 2. The molecule has 8 aliphatic rings. The molecule has 8 aliphatic carbocycles. The molecule has 8 bridgehead atoms. The zero-order valence-corrected chi connectivity index (χ0v) is 30.6. The summed E-state index contributed by atoms with van der Waals surface area (Å²) in [7, 11) is 0. The number of benzene rings is 3. The second kappa shape index (κ2) is 13.6. The summed E-state index contributed by atoms with van der Waals surface area (Å²) >= 11 is 0. The van der Waals surface area contributed by atoms with Crippen LogP contribution < -0.4 is 20.1 Å². The Morgan fingerprint density at radius 3 is 1.56 bits per heavy atom. The summed E-state index contributed by atoms with van der Waals surface area (Å²) < 4.78 is 12.2. The molecule has 0 saturated heterocycles. The molecule has 2 atom stereocenters. The normalized spacial score (nSPS) is 33.7. The lowest BCUT2D eigenvalue weighted by Crippen LogP contribution is -2.60. The van der Waals surface area contributed by atoms with Gasteiger partial charge in [0.15, 0.2) is 0 Å². The highest BCUT2D eigenvalue weighted by atomic mass is 16.5. The first-order valence-corrected chi connectivity index (χ1v) is 20.5. The largest absolute Gasteiger partial charge is 0.489 e. The first kappa shape index (κ1) is 32.9. The average Bonchev–Trinajstić information content (AvgIpc) is 3.15. The van der Waals surface area contributed by atoms with Crippen LogP contribution in [0.25, 0.3) is 0 Å². The molecular weight excluding hydrogens is 639 g/mol. The highest BCUT2D eigenvalue weighted by Crippen LogP contribution is 2.61. The van der Waals surface area contributed by atoms with Crippen LogP contribution in [0.3, 0.4) is 0 Å². The predicted molar refractivity (Wildman–Crippen MR) is 206 cm³/mol. The van der Waals surface area contributed by atoms with Gasteiger partial charge < -0.3 is 20.1 Å². The second-order valence-corrected chi connectivity index (χ2v) is 18.1. The van der Waals surface area contributed by atoms with Crippen LogP contribution in [-0.2, 0) is 26.3 Å². The highest BCUT2D eigenvalue weighted by molar-refractivity contribution is 5.32. The fraction of sp³-hybridized carbons (Fsp3) is 0.511. The third-order valence-electron chi connectivity index (χ3n) is 14.4. The summed E-state index contributed by atoms with van der Waals surface area (Å²) in [6.07, 6.45) is 17.3. The summed E-state index contributed by atoms with van der Waals surface area (Å²) in [6.45, 7) is 3.02. The smallest absolute Gasteiger partial charge is 0.130 e. The molecule has 3 aromatic carbocycles. The Labute approximate surface area is 310 Å². The first-order valence-electron chi connectivity index (χ1n) is 20.5. The molecule has 0 radical (unpaired) electrons. The molecule has 5 heteroatoms. The van der Waals surface area contributed by atoms with E-state index in [-0.39, 0.29) is 5.54 Å². The summed E-state index contributed by atoms with van der Waals surface area (Å²) in [5.41, 5.74) is 7.15. The lowest BCUT2D eigenvalue weighted by molar-refractivity contribution is -0.0391. The fourth-order valence-electron chi connectivity index (χ4n) is 12.7. The van der Waals surface area contributed by atoms with Crippen molar-refractivity contribution in [3.05, 3.63) is 125 Å². The highest BCUT2D eigenvalue weighted by Gasteiger charge is 2.55. The molecule has 270 valence electrons. The topological polar surface area (TPSA) is 55.4 Å². The van der Waals surface area contributed by atoms with Gasteiger partial charge in [0.05, 0.1) is 5.69 Å². The molecule has 1 heterocycles. The Kier molecular flexibility index (Phi) is 8.63. The van der Waals surface area contributed by atoms with Gasteiger partial charge >= 0.3 is 0 Å². The molecule has 2 N–H and O–H groups in total. The van der Waals surface area contributed by atoms with E-state index in [0.29, 0.717) is 24.7 Å². The van der Waals surface area contributed by atoms with Gasteiger partial charge in [-0.05, 0) is 171 Å². The van der Waals surface area contributed by atoms with Gasteiger partial charge in [-0.1, -0.05) is 54.6 Å². The van der Waals surface area contributed by atoms with Crippen LogP contribution in [0.1, 0.15) is 104 Å². The Morgan fingerprint density at radius 1 is 0.519 bits per heavy atom. The standard InChI is InChI=1S/C47H55N3O2/c1-2-16-48-42(3-1)31-52-44-14-8-33(9-15-44)29-50-47-25-38-20-40(26-47)45(41(21-38)27-47)39-10-4-34(5-11-39)30-51-43-12-6-32(7-13-43)28-49-46-22-35-17-36(23-46)19-37(18-35)24-46/h1-16,35-38,40-41,45,49-50H,17-31H2. The van der Waals surface area contributed by atoms with E-state index in [1.165, 1.54) is 87.3 Å². The number of rotatable bonds is 13. The van der Waals surface area contributed by atoms with E-state index in [1.807, 2.05) is 24.4 Å². The summed E-state index contributed by atoms with van der Waals surface area (Å²) in [4.78, 5) is 4.36. The average molecular weight is 694 g/mol. The minimum atomic E-state index is 0.287. The molecular formula is C47H55N3O2. The molecule has 12 rings (SSSR count). The third-order valence-corrected chi connectivity index (χ3v) is 14.4. The molecule has 1 aromatic heterocycles.